The van der Waals surface area contributed by atoms with Crippen molar-refractivity contribution in [1.82, 2.24) is 10.6 Å². The maximum Gasteiger partial charge on any atom is 0.331 e. The van der Waals surface area contributed by atoms with Crippen LogP contribution in [-0.4, -0.2) is 37.0 Å². The minimum Gasteiger partial charge on any atom is -0.457 e. The van der Waals surface area contributed by atoms with E-state index in [2.05, 4.69) is 10.6 Å². The van der Waals surface area contributed by atoms with E-state index in [0.29, 0.717) is 17.1 Å². The van der Waals surface area contributed by atoms with Crippen molar-refractivity contribution in [3.05, 3.63) is 54.1 Å². The third-order valence-corrected chi connectivity index (χ3v) is 3.39. The SMILES string of the molecule is CC(C)NC(=O)CNC(=O)COC(=O)/C=C/c1ccc(-c2ccccc2F)o1. The number of hydrogen-bond acceptors (Lipinski definition) is 5. The van der Waals surface area contributed by atoms with Crippen LogP contribution in [0.4, 0.5) is 4.39 Å². The minimum absolute atomic E-state index is 0.0344. The number of hydrogen-bond donors (Lipinski definition) is 2. The first-order valence-corrected chi connectivity index (χ1v) is 8.61. The van der Waals surface area contributed by atoms with Crippen LogP contribution in [0.2, 0.25) is 0 Å². The fourth-order valence-corrected chi connectivity index (χ4v) is 2.19. The van der Waals surface area contributed by atoms with Crippen molar-refractivity contribution in [3.8, 4) is 11.3 Å². The average molecular weight is 388 g/mol. The Hall–Kier alpha value is -3.42. The lowest BCUT2D eigenvalue weighted by Crippen LogP contribution is -2.41. The Morgan fingerprint density at radius 1 is 1.14 bits per heavy atom. The van der Waals surface area contributed by atoms with Gasteiger partial charge in [-0.15, -0.1) is 0 Å². The molecule has 0 fully saturated rings. The van der Waals surface area contributed by atoms with E-state index < -0.39 is 24.3 Å². The molecule has 0 aliphatic heterocycles. The van der Waals surface area contributed by atoms with Gasteiger partial charge in [0, 0.05) is 12.1 Å². The summed E-state index contributed by atoms with van der Waals surface area (Å²) in [6, 6.07) is 9.28. The van der Waals surface area contributed by atoms with Crippen LogP contribution in [0, 0.1) is 5.82 Å². The Kier molecular flexibility index (Phi) is 7.50. The molecule has 8 heteroatoms. The van der Waals surface area contributed by atoms with E-state index in [1.165, 1.54) is 12.1 Å². The first kappa shape index (κ1) is 20.9. The molecule has 0 spiro atoms. The zero-order valence-corrected chi connectivity index (χ0v) is 15.5. The summed E-state index contributed by atoms with van der Waals surface area (Å²) in [5, 5.41) is 4.95. The normalized spacial score (nSPS) is 10.9. The summed E-state index contributed by atoms with van der Waals surface area (Å²) in [6.07, 6.45) is 2.43. The lowest BCUT2D eigenvalue weighted by atomic mass is 10.1. The third kappa shape index (κ3) is 6.71. The van der Waals surface area contributed by atoms with Crippen LogP contribution in [-0.2, 0) is 19.1 Å². The first-order chi connectivity index (χ1) is 13.3. The molecule has 0 saturated carbocycles. The number of ether oxygens (including phenoxy) is 1. The molecule has 2 aromatic rings. The van der Waals surface area contributed by atoms with Gasteiger partial charge in [-0.05, 0) is 44.2 Å². The third-order valence-electron chi connectivity index (χ3n) is 3.39. The maximum atomic E-state index is 13.7. The summed E-state index contributed by atoms with van der Waals surface area (Å²) in [4.78, 5) is 34.6. The highest BCUT2D eigenvalue weighted by Gasteiger charge is 2.10. The topological polar surface area (TPSA) is 97.6 Å². The number of benzene rings is 1. The first-order valence-electron chi connectivity index (χ1n) is 8.61. The number of furan rings is 1. The molecule has 0 radical (unpaired) electrons. The molecular weight excluding hydrogens is 367 g/mol. The van der Waals surface area contributed by atoms with Crippen molar-refractivity contribution in [2.45, 2.75) is 19.9 Å². The highest BCUT2D eigenvalue weighted by Crippen LogP contribution is 2.25. The van der Waals surface area contributed by atoms with E-state index in [1.54, 1.807) is 44.2 Å². The lowest BCUT2D eigenvalue weighted by molar-refractivity contribution is -0.143. The molecule has 1 aromatic carbocycles. The second-order valence-electron chi connectivity index (χ2n) is 6.12. The van der Waals surface area contributed by atoms with Gasteiger partial charge in [0.05, 0.1) is 12.1 Å². The van der Waals surface area contributed by atoms with Gasteiger partial charge in [-0.1, -0.05) is 12.1 Å². The van der Waals surface area contributed by atoms with Crippen molar-refractivity contribution in [2.75, 3.05) is 13.2 Å². The van der Waals surface area contributed by atoms with E-state index in [9.17, 15) is 18.8 Å². The Balaban J connectivity index is 1.79. The van der Waals surface area contributed by atoms with Crippen LogP contribution in [0.25, 0.3) is 17.4 Å². The highest BCUT2D eigenvalue weighted by molar-refractivity contribution is 5.90. The number of halogens is 1. The van der Waals surface area contributed by atoms with Crippen LogP contribution < -0.4 is 10.6 Å². The molecule has 7 nitrogen and oxygen atoms in total. The van der Waals surface area contributed by atoms with Crippen LogP contribution in [0.3, 0.4) is 0 Å². The fraction of sp³-hybridized carbons (Fsp3) is 0.250. The van der Waals surface area contributed by atoms with Crippen LogP contribution in [0.15, 0.2) is 46.9 Å². The second kappa shape index (κ2) is 10.1. The zero-order valence-electron chi connectivity index (χ0n) is 15.5. The summed E-state index contributed by atoms with van der Waals surface area (Å²) >= 11 is 0. The maximum absolute atomic E-state index is 13.7. The van der Waals surface area contributed by atoms with Crippen molar-refractivity contribution in [3.63, 3.8) is 0 Å². The Labute approximate surface area is 161 Å². The van der Waals surface area contributed by atoms with Gasteiger partial charge in [-0.3, -0.25) is 9.59 Å². The van der Waals surface area contributed by atoms with E-state index in [1.807, 2.05) is 0 Å². The van der Waals surface area contributed by atoms with Crippen molar-refractivity contribution in [2.24, 2.45) is 0 Å². The average Bonchev–Trinajstić information content (AvgIpc) is 3.11. The van der Waals surface area contributed by atoms with Gasteiger partial charge in [0.25, 0.3) is 5.91 Å². The molecule has 2 amide bonds. The predicted molar refractivity (Wildman–Crippen MR) is 100 cm³/mol. The Bertz CT molecular complexity index is 873. The molecule has 0 bridgehead atoms. The summed E-state index contributed by atoms with van der Waals surface area (Å²) in [6.45, 7) is 2.88. The number of carbonyl (C=O) groups is 3. The quantitative estimate of drug-likeness (QED) is 0.534. The molecule has 1 aromatic heterocycles. The van der Waals surface area contributed by atoms with Gasteiger partial charge in [-0.2, -0.15) is 0 Å². The summed E-state index contributed by atoms with van der Waals surface area (Å²) < 4.78 is 24.0. The smallest absolute Gasteiger partial charge is 0.331 e. The molecular formula is C20H21FN2O5. The number of nitrogens with one attached hydrogen (secondary N) is 2. The molecule has 0 aliphatic rings. The minimum atomic E-state index is -0.759. The van der Waals surface area contributed by atoms with Gasteiger partial charge in [0.1, 0.15) is 17.3 Å². The second-order valence-corrected chi connectivity index (χ2v) is 6.12. The molecule has 2 N–H and O–H groups in total. The number of esters is 1. The van der Waals surface area contributed by atoms with Gasteiger partial charge >= 0.3 is 5.97 Å². The molecule has 0 saturated heterocycles. The summed E-state index contributed by atoms with van der Waals surface area (Å²) in [5.41, 5.74) is 0.308. The van der Waals surface area contributed by atoms with Gasteiger partial charge in [0.2, 0.25) is 5.91 Å². The molecule has 28 heavy (non-hydrogen) atoms. The molecule has 2 rings (SSSR count). The Morgan fingerprint density at radius 3 is 2.61 bits per heavy atom. The van der Waals surface area contributed by atoms with Crippen molar-refractivity contribution in [1.29, 1.82) is 0 Å². The van der Waals surface area contributed by atoms with E-state index in [-0.39, 0.29) is 18.5 Å². The predicted octanol–water partition coefficient (Wildman–Crippen LogP) is 2.28. The fourth-order valence-electron chi connectivity index (χ4n) is 2.19. The molecule has 0 unspecified atom stereocenters. The van der Waals surface area contributed by atoms with E-state index in [0.717, 1.165) is 6.08 Å². The van der Waals surface area contributed by atoms with Gasteiger partial charge < -0.3 is 19.8 Å². The van der Waals surface area contributed by atoms with E-state index >= 15 is 0 Å². The Morgan fingerprint density at radius 2 is 1.89 bits per heavy atom. The van der Waals surface area contributed by atoms with E-state index in [4.69, 9.17) is 9.15 Å². The molecule has 0 aliphatic carbocycles. The van der Waals surface area contributed by atoms with Crippen LogP contribution >= 0.6 is 0 Å². The standard InChI is InChI=1S/C20H21FN2O5/c1-13(2)23-18(24)11-22-19(25)12-27-20(26)10-8-14-7-9-17(28-14)15-5-3-4-6-16(15)21/h3-10,13H,11-12H2,1-2H3,(H,22,25)(H,23,24)/b10-8+. The largest absolute Gasteiger partial charge is 0.457 e. The van der Waals surface area contributed by atoms with Crippen molar-refractivity contribution < 1.29 is 27.9 Å². The van der Waals surface area contributed by atoms with Crippen molar-refractivity contribution >= 4 is 23.9 Å². The van der Waals surface area contributed by atoms with Gasteiger partial charge in [0.15, 0.2) is 6.61 Å². The highest BCUT2D eigenvalue weighted by atomic mass is 19.1. The number of carbonyl (C=O) groups excluding carboxylic acids is 3. The summed E-state index contributed by atoms with van der Waals surface area (Å²) in [7, 11) is 0. The lowest BCUT2D eigenvalue weighted by Gasteiger charge is -2.09. The molecule has 148 valence electrons. The number of amides is 2. The molecule has 1 heterocycles. The zero-order chi connectivity index (χ0) is 20.5. The number of rotatable bonds is 8. The monoisotopic (exact) mass is 388 g/mol. The molecule has 0 atom stereocenters. The summed E-state index contributed by atoms with van der Waals surface area (Å²) in [5.74, 6) is -1.46. The van der Waals surface area contributed by atoms with Crippen LogP contribution in [0.1, 0.15) is 19.6 Å². The van der Waals surface area contributed by atoms with Crippen LogP contribution in [0.5, 0.6) is 0 Å². The van der Waals surface area contributed by atoms with Gasteiger partial charge in [-0.25, -0.2) is 9.18 Å².